The fourth-order valence-electron chi connectivity index (χ4n) is 2.81. The van der Waals surface area contributed by atoms with Crippen molar-refractivity contribution >= 4 is 46.3 Å². The van der Waals surface area contributed by atoms with E-state index in [-0.39, 0.29) is 5.82 Å². The molecule has 0 radical (unpaired) electrons. The molecule has 0 saturated carbocycles. The van der Waals surface area contributed by atoms with Gasteiger partial charge in [-0.25, -0.2) is 4.39 Å². The van der Waals surface area contributed by atoms with Gasteiger partial charge in [-0.1, -0.05) is 36.3 Å². The molecule has 0 N–H and O–H groups in total. The van der Waals surface area contributed by atoms with Crippen molar-refractivity contribution in [3.05, 3.63) is 93.3 Å². The minimum Gasteiger partial charge on any atom is -0.309 e. The Balaban J connectivity index is 1.84. The number of hydrogen-bond acceptors (Lipinski definition) is 2. The summed E-state index contributed by atoms with van der Waals surface area (Å²) >= 11 is 2.23. The second kappa shape index (κ2) is 10.0. The zero-order chi connectivity index (χ0) is 21.5. The number of nitrogens with zero attached hydrogens (tertiary/aromatic N) is 2. The summed E-state index contributed by atoms with van der Waals surface area (Å²) in [6.45, 7) is 0.394. The minimum atomic E-state index is -0.438. The van der Waals surface area contributed by atoms with Gasteiger partial charge in [0.25, 0.3) is 0 Å². The molecule has 0 saturated heterocycles. The number of hydrogen-bond donors (Lipinski definition) is 0. The number of amides is 2. The van der Waals surface area contributed by atoms with Gasteiger partial charge in [-0.15, -0.1) is 0 Å². The molecule has 0 aliphatic rings. The first-order valence-corrected chi connectivity index (χ1v) is 10.2. The summed E-state index contributed by atoms with van der Waals surface area (Å²) in [5.41, 5.74) is 2.74. The number of halogens is 2. The van der Waals surface area contributed by atoms with E-state index in [1.807, 2.05) is 30.3 Å². The highest BCUT2D eigenvalue weighted by molar-refractivity contribution is 14.1. The van der Waals surface area contributed by atoms with E-state index < -0.39 is 5.91 Å². The normalized spacial score (nSPS) is 9.97. The molecule has 3 rings (SSSR count). The van der Waals surface area contributed by atoms with Crippen LogP contribution in [0.5, 0.6) is 0 Å². The second-order valence-electron chi connectivity index (χ2n) is 6.43. The van der Waals surface area contributed by atoms with Crippen molar-refractivity contribution in [2.24, 2.45) is 0 Å². The topological polar surface area (TPSA) is 40.6 Å². The van der Waals surface area contributed by atoms with Crippen LogP contribution in [0.1, 0.15) is 11.1 Å². The maximum Gasteiger partial charge on any atom is 0.302 e. The van der Waals surface area contributed by atoms with Gasteiger partial charge in [-0.05, 0) is 70.6 Å². The minimum absolute atomic E-state index is 0.373. The van der Waals surface area contributed by atoms with E-state index in [0.717, 1.165) is 15.5 Å². The molecular weight excluding hydrogens is 494 g/mol. The van der Waals surface area contributed by atoms with Gasteiger partial charge in [-0.3, -0.25) is 9.59 Å². The lowest BCUT2D eigenvalue weighted by molar-refractivity contribution is -0.113. The van der Waals surface area contributed by atoms with Crippen LogP contribution in [0.3, 0.4) is 0 Å². The maximum atomic E-state index is 13.1. The molecule has 0 aliphatic heterocycles. The molecule has 0 unspecified atom stereocenters. The highest BCUT2D eigenvalue weighted by atomic mass is 127. The SMILES string of the molecule is CN(C(=O)C#Cc1ccccc1N(C=O)Cc1ccccc1I)c1ccc(F)cc1. The van der Waals surface area contributed by atoms with Crippen LogP contribution in [0.15, 0.2) is 72.8 Å². The Kier molecular flexibility index (Phi) is 7.20. The number of carbonyl (C=O) groups is 2. The zero-order valence-electron chi connectivity index (χ0n) is 16.2. The number of benzene rings is 3. The predicted octanol–water partition coefficient (Wildman–Crippen LogP) is 4.61. The van der Waals surface area contributed by atoms with Gasteiger partial charge in [0.2, 0.25) is 6.41 Å². The van der Waals surface area contributed by atoms with Gasteiger partial charge >= 0.3 is 5.91 Å². The van der Waals surface area contributed by atoms with Gasteiger partial charge in [0, 0.05) is 27.8 Å². The standard InChI is InChI=1S/C24H18FIN2O2/c1-27(21-13-11-20(25)12-14-21)24(30)15-10-18-6-3-5-9-23(18)28(17-29)16-19-7-2-4-8-22(19)26/h2-9,11-14,17H,16H2,1H3. The first-order valence-electron chi connectivity index (χ1n) is 9.09. The molecule has 2 amide bonds. The quantitative estimate of drug-likeness (QED) is 0.285. The van der Waals surface area contributed by atoms with Crippen LogP contribution in [0.25, 0.3) is 0 Å². The second-order valence-corrected chi connectivity index (χ2v) is 7.59. The monoisotopic (exact) mass is 512 g/mol. The number of carbonyl (C=O) groups excluding carboxylic acids is 2. The first kappa shape index (κ1) is 21.5. The summed E-state index contributed by atoms with van der Waals surface area (Å²) in [7, 11) is 1.57. The van der Waals surface area contributed by atoms with Crippen molar-refractivity contribution in [2.75, 3.05) is 16.8 Å². The van der Waals surface area contributed by atoms with Crippen molar-refractivity contribution in [1.29, 1.82) is 0 Å². The van der Waals surface area contributed by atoms with Gasteiger partial charge < -0.3 is 9.80 Å². The van der Waals surface area contributed by atoms with Crippen LogP contribution in [-0.4, -0.2) is 19.4 Å². The molecule has 0 aliphatic carbocycles. The smallest absolute Gasteiger partial charge is 0.302 e. The lowest BCUT2D eigenvalue weighted by Crippen LogP contribution is -2.24. The average Bonchev–Trinajstić information content (AvgIpc) is 2.77. The molecule has 150 valence electrons. The van der Waals surface area contributed by atoms with Crippen molar-refractivity contribution < 1.29 is 14.0 Å². The molecule has 0 atom stereocenters. The Morgan fingerprint density at radius 1 is 1.03 bits per heavy atom. The molecule has 0 spiro atoms. The van der Waals surface area contributed by atoms with Crippen molar-refractivity contribution in [3.8, 4) is 11.8 Å². The van der Waals surface area contributed by atoms with Crippen molar-refractivity contribution in [2.45, 2.75) is 6.54 Å². The molecule has 0 fully saturated rings. The summed E-state index contributed by atoms with van der Waals surface area (Å²) in [5, 5.41) is 0. The highest BCUT2D eigenvalue weighted by Crippen LogP contribution is 2.22. The Morgan fingerprint density at radius 2 is 1.70 bits per heavy atom. The van der Waals surface area contributed by atoms with Gasteiger partial charge in [0.1, 0.15) is 5.82 Å². The summed E-state index contributed by atoms with van der Waals surface area (Å²) in [6.07, 6.45) is 0.760. The molecule has 0 bridgehead atoms. The fraction of sp³-hybridized carbons (Fsp3) is 0.0833. The lowest BCUT2D eigenvalue weighted by atomic mass is 10.1. The van der Waals surface area contributed by atoms with E-state index in [0.29, 0.717) is 23.5 Å². The Hall–Kier alpha value is -3.18. The van der Waals surface area contributed by atoms with Crippen molar-refractivity contribution in [1.82, 2.24) is 0 Å². The zero-order valence-corrected chi connectivity index (χ0v) is 18.3. The van der Waals surface area contributed by atoms with Crippen molar-refractivity contribution in [3.63, 3.8) is 0 Å². The van der Waals surface area contributed by atoms with Crippen LogP contribution in [-0.2, 0) is 16.1 Å². The molecule has 30 heavy (non-hydrogen) atoms. The van der Waals surface area contributed by atoms with E-state index in [9.17, 15) is 14.0 Å². The van der Waals surface area contributed by atoms with Crippen LogP contribution in [0, 0.1) is 21.2 Å². The molecule has 3 aromatic rings. The van der Waals surface area contributed by atoms with E-state index in [1.165, 1.54) is 29.2 Å². The van der Waals surface area contributed by atoms with Crippen LogP contribution < -0.4 is 9.80 Å². The average molecular weight is 512 g/mol. The Morgan fingerprint density at radius 3 is 2.40 bits per heavy atom. The first-order chi connectivity index (χ1) is 14.5. The maximum absolute atomic E-state index is 13.1. The fourth-order valence-corrected chi connectivity index (χ4v) is 3.36. The number of anilines is 2. The third-order valence-corrected chi connectivity index (χ3v) is 5.51. The molecule has 0 aromatic heterocycles. The van der Waals surface area contributed by atoms with E-state index >= 15 is 0 Å². The molecule has 0 heterocycles. The molecule has 3 aromatic carbocycles. The third kappa shape index (κ3) is 5.24. The molecule has 6 heteroatoms. The summed E-state index contributed by atoms with van der Waals surface area (Å²) in [4.78, 5) is 27.2. The van der Waals surface area contributed by atoms with E-state index in [4.69, 9.17) is 0 Å². The van der Waals surface area contributed by atoms with Crippen LogP contribution in [0.4, 0.5) is 15.8 Å². The van der Waals surface area contributed by atoms with Gasteiger partial charge in [-0.2, -0.15) is 0 Å². The molecular formula is C24H18FIN2O2. The van der Waals surface area contributed by atoms with Gasteiger partial charge in [0.15, 0.2) is 0 Å². The number of para-hydroxylation sites is 1. The van der Waals surface area contributed by atoms with Crippen LogP contribution >= 0.6 is 22.6 Å². The van der Waals surface area contributed by atoms with E-state index in [2.05, 4.69) is 34.4 Å². The Labute approximate surface area is 188 Å². The largest absolute Gasteiger partial charge is 0.309 e. The number of rotatable bonds is 5. The highest BCUT2D eigenvalue weighted by Gasteiger charge is 2.12. The summed E-state index contributed by atoms with van der Waals surface area (Å²) in [5.74, 6) is 4.67. The predicted molar refractivity (Wildman–Crippen MR) is 125 cm³/mol. The molecule has 4 nitrogen and oxygen atoms in total. The summed E-state index contributed by atoms with van der Waals surface area (Å²) < 4.78 is 14.1. The van der Waals surface area contributed by atoms with Gasteiger partial charge in [0.05, 0.1) is 12.2 Å². The lowest BCUT2D eigenvalue weighted by Gasteiger charge is -2.20. The van der Waals surface area contributed by atoms with E-state index in [1.54, 1.807) is 30.1 Å². The van der Waals surface area contributed by atoms with Crippen LogP contribution in [0.2, 0.25) is 0 Å². The third-order valence-electron chi connectivity index (χ3n) is 4.46. The Bertz CT molecular complexity index is 1120. The summed E-state index contributed by atoms with van der Waals surface area (Å²) in [6, 6.07) is 20.6.